The van der Waals surface area contributed by atoms with Crippen LogP contribution in [0.3, 0.4) is 0 Å². The normalized spacial score (nSPS) is 21.5. The molecule has 0 aliphatic carbocycles. The molecule has 2 heterocycles. The van der Waals surface area contributed by atoms with Crippen LogP contribution >= 0.6 is 0 Å². The zero-order chi connectivity index (χ0) is 34.2. The number of esters is 2. The number of carbonyl (C=O) groups is 6. The van der Waals surface area contributed by atoms with Crippen molar-refractivity contribution in [3.63, 3.8) is 0 Å². The monoisotopic (exact) mass is 644 g/mol. The first-order valence-corrected chi connectivity index (χ1v) is 15.8. The van der Waals surface area contributed by atoms with Crippen LogP contribution in [0, 0.1) is 0 Å². The fourth-order valence-corrected chi connectivity index (χ4v) is 6.19. The van der Waals surface area contributed by atoms with E-state index in [1.54, 1.807) is 27.7 Å². The van der Waals surface area contributed by atoms with Gasteiger partial charge < -0.3 is 34.6 Å². The van der Waals surface area contributed by atoms with Crippen LogP contribution in [0.4, 0.5) is 4.79 Å². The van der Waals surface area contributed by atoms with E-state index in [1.807, 2.05) is 30.3 Å². The second-order valence-electron chi connectivity index (χ2n) is 12.9. The van der Waals surface area contributed by atoms with E-state index in [4.69, 9.17) is 14.2 Å². The van der Waals surface area contributed by atoms with E-state index < -0.39 is 65.2 Å². The number of nitrogens with zero attached hydrogens (tertiary/aromatic N) is 2. The van der Waals surface area contributed by atoms with E-state index in [2.05, 4.69) is 10.6 Å². The van der Waals surface area contributed by atoms with E-state index in [-0.39, 0.29) is 25.3 Å². The van der Waals surface area contributed by atoms with Crippen molar-refractivity contribution in [3.8, 4) is 0 Å². The Morgan fingerprint density at radius 2 is 1.70 bits per heavy atom. The summed E-state index contributed by atoms with van der Waals surface area (Å²) >= 11 is 0. The fourth-order valence-electron chi connectivity index (χ4n) is 6.19. The van der Waals surface area contributed by atoms with Crippen LogP contribution in [0.2, 0.25) is 0 Å². The Kier molecular flexibility index (Phi) is 12.2. The van der Waals surface area contributed by atoms with Crippen LogP contribution in [-0.2, 0) is 44.6 Å². The Labute approximate surface area is 270 Å². The number of methoxy groups -OCH3 is 1. The van der Waals surface area contributed by atoms with E-state index in [9.17, 15) is 28.8 Å². The number of benzene rings is 1. The van der Waals surface area contributed by atoms with Gasteiger partial charge in [-0.15, -0.1) is 0 Å². The number of carbonyl (C=O) groups excluding carboxylic acids is 6. The van der Waals surface area contributed by atoms with E-state index >= 15 is 0 Å². The van der Waals surface area contributed by atoms with Gasteiger partial charge in [-0.25, -0.2) is 9.59 Å². The predicted octanol–water partition coefficient (Wildman–Crippen LogP) is 2.49. The number of rotatable bonds is 11. The van der Waals surface area contributed by atoms with Crippen molar-refractivity contribution < 1.29 is 43.0 Å². The maximum absolute atomic E-state index is 14.4. The van der Waals surface area contributed by atoms with Gasteiger partial charge in [-0.3, -0.25) is 19.2 Å². The van der Waals surface area contributed by atoms with Gasteiger partial charge >= 0.3 is 18.0 Å². The Balaban J connectivity index is 1.94. The number of hydrogen-bond donors (Lipinski definition) is 2. The van der Waals surface area contributed by atoms with Crippen molar-refractivity contribution in [3.05, 3.63) is 35.9 Å². The first kappa shape index (κ1) is 36.3. The van der Waals surface area contributed by atoms with Crippen molar-refractivity contribution in [1.29, 1.82) is 0 Å². The summed E-state index contributed by atoms with van der Waals surface area (Å²) in [7, 11) is 1.17. The maximum Gasteiger partial charge on any atom is 0.408 e. The molecule has 1 aromatic rings. The van der Waals surface area contributed by atoms with Gasteiger partial charge in [0.05, 0.1) is 7.11 Å². The highest BCUT2D eigenvalue weighted by atomic mass is 16.6. The summed E-state index contributed by atoms with van der Waals surface area (Å²) in [4.78, 5) is 82.4. The number of alkyl carbamates (subject to hydrolysis) is 1. The second-order valence-corrected chi connectivity index (χ2v) is 12.9. The largest absolute Gasteiger partial charge is 0.467 e. The Hall–Kier alpha value is -4.16. The molecule has 0 aromatic heterocycles. The third-order valence-electron chi connectivity index (χ3n) is 8.30. The molecule has 4 amide bonds. The van der Waals surface area contributed by atoms with Gasteiger partial charge in [0.15, 0.2) is 6.04 Å². The second kappa shape index (κ2) is 15.4. The molecule has 46 heavy (non-hydrogen) atoms. The van der Waals surface area contributed by atoms with Crippen LogP contribution in [0.1, 0.15) is 79.2 Å². The molecule has 0 bridgehead atoms. The Bertz CT molecular complexity index is 1280. The molecule has 3 rings (SSSR count). The van der Waals surface area contributed by atoms with Gasteiger partial charge in [-0.2, -0.15) is 0 Å². The molecule has 3 unspecified atom stereocenters. The molecule has 1 aromatic carbocycles. The molecule has 0 spiro atoms. The highest BCUT2D eigenvalue weighted by Gasteiger charge is 2.53. The van der Waals surface area contributed by atoms with Crippen LogP contribution in [-0.4, -0.2) is 101 Å². The zero-order valence-corrected chi connectivity index (χ0v) is 27.9. The van der Waals surface area contributed by atoms with Crippen molar-refractivity contribution >= 4 is 35.8 Å². The van der Waals surface area contributed by atoms with Crippen molar-refractivity contribution in [1.82, 2.24) is 20.4 Å². The van der Waals surface area contributed by atoms with Crippen LogP contribution in [0.5, 0.6) is 0 Å². The molecule has 2 saturated heterocycles. The van der Waals surface area contributed by atoms with Crippen LogP contribution in [0.25, 0.3) is 0 Å². The van der Waals surface area contributed by atoms with Crippen molar-refractivity contribution in [2.75, 3.05) is 20.2 Å². The predicted molar refractivity (Wildman–Crippen MR) is 167 cm³/mol. The topological polar surface area (TPSA) is 161 Å². The first-order chi connectivity index (χ1) is 21.6. The third-order valence-corrected chi connectivity index (χ3v) is 8.30. The third kappa shape index (κ3) is 8.76. The molecule has 5 atom stereocenters. The summed E-state index contributed by atoms with van der Waals surface area (Å²) in [5, 5.41) is 5.36. The lowest BCUT2D eigenvalue weighted by molar-refractivity contribution is -0.159. The molecule has 254 valence electrons. The standard InChI is InChI=1S/C33H48N4O9/c1-8-24(34-31(43)46-32(4,5)6)27(39)36-18-12-16-25(36)28(40)37-19-13-17-33(37,20-23-14-10-9-11-15-23)30(42)35-26(29(41)44-7)21(2)45-22(3)38/h9-11,14-15,21,24-26H,8,12-13,16-20H2,1-7H3,(H,34,43)(H,35,42)/t21-,24?,25+,26?,33?/m1/s1. The molecular weight excluding hydrogens is 596 g/mol. The van der Waals surface area contributed by atoms with Gasteiger partial charge in [-0.05, 0) is 65.4 Å². The maximum atomic E-state index is 14.4. The average Bonchev–Trinajstić information content (AvgIpc) is 3.65. The van der Waals surface area contributed by atoms with E-state index in [0.717, 1.165) is 5.56 Å². The van der Waals surface area contributed by atoms with Gasteiger partial charge in [0.25, 0.3) is 0 Å². The molecule has 2 fully saturated rings. The SMILES string of the molecule is CCC(NC(=O)OC(C)(C)C)C(=O)N1CCC[C@H]1C(=O)N1CCCC1(Cc1ccccc1)C(=O)NC(C(=O)OC)[C@@H](C)OC(C)=O. The van der Waals surface area contributed by atoms with Crippen LogP contribution in [0.15, 0.2) is 30.3 Å². The minimum Gasteiger partial charge on any atom is -0.467 e. The summed E-state index contributed by atoms with van der Waals surface area (Å²) in [6.07, 6.45) is 0.438. The molecular formula is C33H48N4O9. The number of likely N-dealkylation sites (tertiary alicyclic amines) is 2. The Morgan fingerprint density at radius 1 is 1.02 bits per heavy atom. The van der Waals surface area contributed by atoms with Crippen molar-refractivity contribution in [2.24, 2.45) is 0 Å². The van der Waals surface area contributed by atoms with Gasteiger partial charge in [0.2, 0.25) is 17.7 Å². The molecule has 13 nitrogen and oxygen atoms in total. The number of hydrogen-bond acceptors (Lipinski definition) is 9. The molecule has 0 radical (unpaired) electrons. The lowest BCUT2D eigenvalue weighted by atomic mass is 9.86. The number of ether oxygens (including phenoxy) is 3. The Morgan fingerprint density at radius 3 is 2.28 bits per heavy atom. The molecule has 13 heteroatoms. The smallest absolute Gasteiger partial charge is 0.408 e. The molecule has 2 N–H and O–H groups in total. The average molecular weight is 645 g/mol. The lowest BCUT2D eigenvalue weighted by Crippen LogP contribution is -2.65. The number of amides is 4. The molecule has 0 saturated carbocycles. The fraction of sp³-hybridized carbons (Fsp3) is 0.636. The summed E-state index contributed by atoms with van der Waals surface area (Å²) in [5.74, 6) is -2.81. The molecule has 2 aliphatic heterocycles. The van der Waals surface area contributed by atoms with Crippen LogP contribution < -0.4 is 10.6 Å². The minimum atomic E-state index is -1.41. The highest BCUT2D eigenvalue weighted by molar-refractivity contribution is 5.98. The van der Waals surface area contributed by atoms with E-state index in [1.165, 1.54) is 30.8 Å². The zero-order valence-electron chi connectivity index (χ0n) is 27.9. The van der Waals surface area contributed by atoms with E-state index in [0.29, 0.717) is 32.2 Å². The first-order valence-electron chi connectivity index (χ1n) is 15.8. The number of nitrogens with one attached hydrogen (secondary N) is 2. The molecule has 2 aliphatic rings. The highest BCUT2D eigenvalue weighted by Crippen LogP contribution is 2.36. The van der Waals surface area contributed by atoms with Gasteiger partial charge in [-0.1, -0.05) is 37.3 Å². The van der Waals surface area contributed by atoms with Gasteiger partial charge in [0, 0.05) is 26.4 Å². The summed E-state index contributed by atoms with van der Waals surface area (Å²) in [6, 6.07) is 6.16. The minimum absolute atomic E-state index is 0.152. The summed E-state index contributed by atoms with van der Waals surface area (Å²) in [6.45, 7) is 10.2. The summed E-state index contributed by atoms with van der Waals surface area (Å²) in [5.41, 5.74) is -1.36. The quantitative estimate of drug-likeness (QED) is 0.273. The van der Waals surface area contributed by atoms with Crippen molar-refractivity contribution in [2.45, 2.75) is 115 Å². The van der Waals surface area contributed by atoms with Gasteiger partial charge in [0.1, 0.15) is 29.3 Å². The lowest BCUT2D eigenvalue weighted by Gasteiger charge is -2.41. The summed E-state index contributed by atoms with van der Waals surface area (Å²) < 4.78 is 15.5.